The molecule has 2 aromatic carbocycles. The van der Waals surface area contributed by atoms with E-state index in [2.05, 4.69) is 10.3 Å². The van der Waals surface area contributed by atoms with Crippen molar-refractivity contribution in [2.45, 2.75) is 13.1 Å². The Bertz CT molecular complexity index is 1100. The van der Waals surface area contributed by atoms with Crippen LogP contribution < -0.4 is 9.47 Å². The number of aromatic nitrogens is 2. The number of hydrogen-bond acceptors (Lipinski definition) is 5. The van der Waals surface area contributed by atoms with Gasteiger partial charge in [0.05, 0.1) is 5.02 Å². The summed E-state index contributed by atoms with van der Waals surface area (Å²) in [7, 11) is 1.35. The fourth-order valence-corrected chi connectivity index (χ4v) is 3.00. The van der Waals surface area contributed by atoms with Crippen LogP contribution in [-0.4, -0.2) is 28.7 Å². The Labute approximate surface area is 192 Å². The summed E-state index contributed by atoms with van der Waals surface area (Å²) in [5.41, 5.74) is -0.300. The summed E-state index contributed by atoms with van der Waals surface area (Å²) in [6.07, 6.45) is -4.58. The second kappa shape index (κ2) is 10.1. The van der Waals surface area contributed by atoms with Crippen molar-refractivity contribution in [3.63, 3.8) is 0 Å². The van der Waals surface area contributed by atoms with Crippen molar-refractivity contribution in [1.82, 2.24) is 9.78 Å². The first-order valence-corrected chi connectivity index (χ1v) is 10.1. The van der Waals surface area contributed by atoms with Crippen molar-refractivity contribution in [2.75, 3.05) is 13.2 Å². The van der Waals surface area contributed by atoms with Crippen molar-refractivity contribution >= 4 is 28.9 Å². The summed E-state index contributed by atoms with van der Waals surface area (Å²) in [6.45, 7) is 1.82. The predicted octanol–water partition coefficient (Wildman–Crippen LogP) is 6.36. The van der Waals surface area contributed by atoms with Crippen LogP contribution in [0.3, 0.4) is 0 Å². The lowest BCUT2D eigenvalue weighted by Gasteiger charge is -2.12. The highest BCUT2D eigenvalue weighted by Gasteiger charge is 2.35. The number of halogens is 5. The van der Waals surface area contributed by atoms with E-state index in [4.69, 9.17) is 37.5 Å². The summed E-state index contributed by atoms with van der Waals surface area (Å²) in [4.78, 5) is 5.12. The average Bonchev–Trinajstić information content (AvgIpc) is 3.12. The molecule has 0 spiro atoms. The topological polar surface area (TPSA) is 57.9 Å². The molecule has 0 unspecified atom stereocenters. The molecular formula is C21H18Cl2F3N3O3. The summed E-state index contributed by atoms with van der Waals surface area (Å²) >= 11 is 12.3. The molecule has 6 nitrogen and oxygen atoms in total. The zero-order valence-electron chi connectivity index (χ0n) is 17.0. The monoisotopic (exact) mass is 487 g/mol. The maximum atomic E-state index is 12.9. The molecule has 32 heavy (non-hydrogen) atoms. The van der Waals surface area contributed by atoms with E-state index in [0.717, 1.165) is 10.7 Å². The van der Waals surface area contributed by atoms with Crippen LogP contribution in [-0.2, 0) is 18.1 Å². The van der Waals surface area contributed by atoms with Gasteiger partial charge in [0.1, 0.15) is 30.4 Å². The number of rotatable bonds is 8. The molecule has 11 heteroatoms. The third-order valence-corrected chi connectivity index (χ3v) is 4.65. The molecule has 0 aliphatic heterocycles. The normalized spacial score (nSPS) is 12.0. The number of benzene rings is 2. The fourth-order valence-electron chi connectivity index (χ4n) is 2.59. The summed E-state index contributed by atoms with van der Waals surface area (Å²) in [6, 6.07) is 12.5. The molecule has 170 valence electrons. The highest BCUT2D eigenvalue weighted by atomic mass is 35.5. The molecule has 3 rings (SSSR count). The van der Waals surface area contributed by atoms with Gasteiger partial charge >= 0.3 is 6.18 Å². The Balaban J connectivity index is 1.78. The average molecular weight is 488 g/mol. The molecule has 0 fully saturated rings. The van der Waals surface area contributed by atoms with Crippen molar-refractivity contribution in [1.29, 1.82) is 0 Å². The van der Waals surface area contributed by atoms with Crippen LogP contribution in [0, 0.1) is 0 Å². The highest BCUT2D eigenvalue weighted by molar-refractivity contribution is 6.34. The van der Waals surface area contributed by atoms with Crippen LogP contribution in [0.4, 0.5) is 13.2 Å². The zero-order valence-corrected chi connectivity index (χ0v) is 18.5. The molecule has 0 aliphatic carbocycles. The number of nitrogens with zero attached hydrogens (tertiary/aromatic N) is 3. The van der Waals surface area contributed by atoms with Crippen LogP contribution >= 0.6 is 23.2 Å². The lowest BCUT2D eigenvalue weighted by molar-refractivity contribution is -0.141. The van der Waals surface area contributed by atoms with Crippen LogP contribution in [0.2, 0.25) is 10.0 Å². The van der Waals surface area contributed by atoms with Gasteiger partial charge in [-0.05, 0) is 43.3 Å². The van der Waals surface area contributed by atoms with E-state index >= 15 is 0 Å². The van der Waals surface area contributed by atoms with Crippen LogP contribution in [0.1, 0.15) is 18.2 Å². The fraction of sp³-hybridized carbons (Fsp3) is 0.238. The first-order chi connectivity index (χ1) is 15.2. The first kappa shape index (κ1) is 23.7. The Kier molecular flexibility index (Phi) is 7.52. The molecule has 1 heterocycles. The van der Waals surface area contributed by atoms with Crippen molar-refractivity contribution in [2.24, 2.45) is 12.2 Å². The van der Waals surface area contributed by atoms with Crippen molar-refractivity contribution < 1.29 is 27.5 Å². The second-order valence-electron chi connectivity index (χ2n) is 6.43. The third-order valence-electron chi connectivity index (χ3n) is 4.09. The molecule has 0 radical (unpaired) electrons. The molecule has 0 saturated carbocycles. The van der Waals surface area contributed by atoms with Gasteiger partial charge < -0.3 is 14.3 Å². The second-order valence-corrected chi connectivity index (χ2v) is 7.27. The standard InChI is InChI=1S/C21H18Cl2F3N3O3/c1-3-31-28-18(12-30-20-11-19(21(24,25)26)27-29(20)2)16-9-8-15(10-17(16)23)32-14-6-4-13(22)5-7-14/h4-11H,3,12H2,1-2H3/b28-18+. The van der Waals surface area contributed by atoms with E-state index in [1.54, 1.807) is 49.4 Å². The van der Waals surface area contributed by atoms with Gasteiger partial charge in [-0.1, -0.05) is 28.4 Å². The molecule has 3 aromatic rings. The molecular weight excluding hydrogens is 470 g/mol. The Morgan fingerprint density at radius 2 is 1.75 bits per heavy atom. The number of aryl methyl sites for hydroxylation is 1. The minimum atomic E-state index is -4.58. The van der Waals surface area contributed by atoms with E-state index in [9.17, 15) is 13.2 Å². The maximum absolute atomic E-state index is 12.9. The Morgan fingerprint density at radius 1 is 1.06 bits per heavy atom. The van der Waals surface area contributed by atoms with E-state index in [1.807, 2.05) is 0 Å². The molecule has 0 amide bonds. The van der Waals surface area contributed by atoms with Gasteiger partial charge in [0.25, 0.3) is 0 Å². The third kappa shape index (κ3) is 6.08. The van der Waals surface area contributed by atoms with Crippen LogP contribution in [0.15, 0.2) is 53.7 Å². The molecule has 0 bridgehead atoms. The number of ether oxygens (including phenoxy) is 2. The smallest absolute Gasteiger partial charge is 0.435 e. The molecule has 0 saturated heterocycles. The van der Waals surface area contributed by atoms with Crippen LogP contribution in [0.25, 0.3) is 0 Å². The van der Waals surface area contributed by atoms with Gasteiger partial charge in [0.15, 0.2) is 5.69 Å². The van der Waals surface area contributed by atoms with Crippen molar-refractivity contribution in [3.8, 4) is 17.4 Å². The van der Waals surface area contributed by atoms with Gasteiger partial charge in [-0.3, -0.25) is 0 Å². The van der Waals surface area contributed by atoms with E-state index in [-0.39, 0.29) is 24.8 Å². The van der Waals surface area contributed by atoms with Gasteiger partial charge in [0, 0.05) is 29.8 Å². The van der Waals surface area contributed by atoms with E-state index in [0.29, 0.717) is 27.1 Å². The maximum Gasteiger partial charge on any atom is 0.435 e. The minimum absolute atomic E-state index is 0.0830. The largest absolute Gasteiger partial charge is 0.471 e. The predicted molar refractivity (Wildman–Crippen MR) is 115 cm³/mol. The molecule has 0 atom stereocenters. The van der Waals surface area contributed by atoms with E-state index < -0.39 is 11.9 Å². The molecule has 0 aliphatic rings. The Hall–Kier alpha value is -2.91. The molecule has 1 aromatic heterocycles. The van der Waals surface area contributed by atoms with Crippen molar-refractivity contribution in [3.05, 3.63) is 69.8 Å². The van der Waals surface area contributed by atoms with Gasteiger partial charge in [-0.15, -0.1) is 0 Å². The van der Waals surface area contributed by atoms with Crippen LogP contribution in [0.5, 0.6) is 17.4 Å². The first-order valence-electron chi connectivity index (χ1n) is 9.33. The summed E-state index contributed by atoms with van der Waals surface area (Å²) in [5, 5.41) is 8.28. The number of oxime groups is 1. The summed E-state index contributed by atoms with van der Waals surface area (Å²) in [5.74, 6) is 0.959. The van der Waals surface area contributed by atoms with Gasteiger partial charge in [-0.25, -0.2) is 4.68 Å². The number of hydrogen-bond donors (Lipinski definition) is 0. The minimum Gasteiger partial charge on any atom is -0.471 e. The van der Waals surface area contributed by atoms with Gasteiger partial charge in [0.2, 0.25) is 5.88 Å². The summed E-state index contributed by atoms with van der Waals surface area (Å²) < 4.78 is 50.8. The molecule has 0 N–H and O–H groups in total. The lowest BCUT2D eigenvalue weighted by Crippen LogP contribution is -2.15. The van der Waals surface area contributed by atoms with Gasteiger partial charge in [-0.2, -0.15) is 18.3 Å². The highest BCUT2D eigenvalue weighted by Crippen LogP contribution is 2.31. The number of alkyl halides is 3. The Morgan fingerprint density at radius 3 is 2.34 bits per heavy atom. The quantitative estimate of drug-likeness (QED) is 0.274. The van der Waals surface area contributed by atoms with E-state index in [1.165, 1.54) is 7.05 Å². The lowest BCUT2D eigenvalue weighted by atomic mass is 10.1. The zero-order chi connectivity index (χ0) is 23.3. The SMILES string of the molecule is CCO/N=C(\COc1cc(C(F)(F)F)nn1C)c1ccc(Oc2ccc(Cl)cc2)cc1Cl.